The van der Waals surface area contributed by atoms with Crippen molar-refractivity contribution in [1.29, 1.82) is 0 Å². The Bertz CT molecular complexity index is 712. The van der Waals surface area contributed by atoms with E-state index in [-0.39, 0.29) is 12.5 Å². The molecule has 124 valence electrons. The summed E-state index contributed by atoms with van der Waals surface area (Å²) in [4.78, 5) is 25.7. The lowest BCUT2D eigenvalue weighted by molar-refractivity contribution is 0.201. The van der Waals surface area contributed by atoms with E-state index < -0.39 is 6.09 Å². The minimum absolute atomic E-state index is 0.168. The molecule has 0 unspecified atom stereocenters. The van der Waals surface area contributed by atoms with Crippen molar-refractivity contribution in [2.45, 2.75) is 38.3 Å². The molecule has 0 saturated heterocycles. The van der Waals surface area contributed by atoms with Crippen molar-refractivity contribution in [1.82, 2.24) is 9.97 Å². The predicted molar refractivity (Wildman–Crippen MR) is 92.5 cm³/mol. The Morgan fingerprint density at radius 1 is 1.25 bits per heavy atom. The molecular weight excluding hydrogens is 304 g/mol. The monoisotopic (exact) mass is 324 g/mol. The van der Waals surface area contributed by atoms with Crippen molar-refractivity contribution >= 4 is 18.3 Å². The largest absolute Gasteiger partial charge is 0.465 e. The van der Waals surface area contributed by atoms with Crippen molar-refractivity contribution in [2.75, 3.05) is 4.90 Å². The molecule has 1 aliphatic carbocycles. The second-order valence-electron chi connectivity index (χ2n) is 5.85. The average molecular weight is 324 g/mol. The van der Waals surface area contributed by atoms with Crippen LogP contribution in [0.3, 0.4) is 0 Å². The first kappa shape index (κ1) is 16.1. The van der Waals surface area contributed by atoms with Gasteiger partial charge in [0, 0.05) is 12.4 Å². The summed E-state index contributed by atoms with van der Waals surface area (Å²) < 4.78 is 0. The third kappa shape index (κ3) is 4.16. The number of amides is 1. The van der Waals surface area contributed by atoms with Crippen molar-refractivity contribution < 1.29 is 9.90 Å². The number of carboxylic acid groups (broad SMARTS) is 1. The zero-order valence-electron chi connectivity index (χ0n) is 13.4. The summed E-state index contributed by atoms with van der Waals surface area (Å²) in [6, 6.07) is 11.5. The van der Waals surface area contributed by atoms with Gasteiger partial charge in [0.25, 0.3) is 0 Å². The summed E-state index contributed by atoms with van der Waals surface area (Å²) in [7, 11) is 0. The molecule has 1 saturated carbocycles. The van der Waals surface area contributed by atoms with Gasteiger partial charge >= 0.3 is 6.09 Å². The zero-order valence-corrected chi connectivity index (χ0v) is 13.4. The fraction of sp³-hybridized carbons (Fsp3) is 0.333. The lowest BCUT2D eigenvalue weighted by Crippen LogP contribution is -2.30. The van der Waals surface area contributed by atoms with E-state index >= 15 is 0 Å². The first-order valence-electron chi connectivity index (χ1n) is 8.13. The van der Waals surface area contributed by atoms with Gasteiger partial charge in [0.1, 0.15) is 0 Å². The van der Waals surface area contributed by atoms with Gasteiger partial charge in [-0.2, -0.15) is 0 Å². The van der Waals surface area contributed by atoms with Gasteiger partial charge in [-0.05, 0) is 24.5 Å². The fourth-order valence-electron chi connectivity index (χ4n) is 2.79. The minimum Gasteiger partial charge on any atom is -0.465 e. The quantitative estimate of drug-likeness (QED) is 0.853. The van der Waals surface area contributed by atoms with E-state index in [1.807, 2.05) is 30.3 Å². The number of nitrogens with zero attached hydrogens (tertiary/aromatic N) is 4. The van der Waals surface area contributed by atoms with E-state index in [0.717, 1.165) is 23.3 Å². The van der Waals surface area contributed by atoms with Gasteiger partial charge in [0.05, 0.1) is 18.3 Å². The second kappa shape index (κ2) is 7.68. The minimum atomic E-state index is -1.08. The number of rotatable bonds is 5. The summed E-state index contributed by atoms with van der Waals surface area (Å²) in [5.74, 6) is 0.168. The molecule has 0 aliphatic heterocycles. The van der Waals surface area contributed by atoms with Gasteiger partial charge in [-0.25, -0.2) is 19.7 Å². The summed E-state index contributed by atoms with van der Waals surface area (Å²) in [5, 5.41) is 9.49. The van der Waals surface area contributed by atoms with Crippen molar-refractivity contribution in [2.24, 2.45) is 4.99 Å². The van der Waals surface area contributed by atoms with Gasteiger partial charge in [-0.15, -0.1) is 0 Å². The Kier molecular flexibility index (Phi) is 5.15. The molecule has 1 aromatic heterocycles. The van der Waals surface area contributed by atoms with Crippen LogP contribution < -0.4 is 4.90 Å². The van der Waals surface area contributed by atoms with Crippen molar-refractivity contribution in [3.8, 4) is 0 Å². The van der Waals surface area contributed by atoms with Crippen LogP contribution in [0, 0.1) is 0 Å². The Hall–Kier alpha value is -2.76. The maximum atomic E-state index is 11.6. The Morgan fingerprint density at radius 2 is 2.00 bits per heavy atom. The van der Waals surface area contributed by atoms with Crippen molar-refractivity contribution in [3.05, 3.63) is 53.9 Å². The molecular formula is C18H20N4O2. The lowest BCUT2D eigenvalue weighted by Gasteiger charge is -2.17. The molecule has 0 radical (unpaired) electrons. The third-order valence-corrected chi connectivity index (χ3v) is 4.06. The molecule has 0 bridgehead atoms. The number of hydrogen-bond acceptors (Lipinski definition) is 4. The van der Waals surface area contributed by atoms with Crippen LogP contribution in [0.5, 0.6) is 0 Å². The Morgan fingerprint density at radius 3 is 2.71 bits per heavy atom. The molecule has 0 spiro atoms. The Labute approximate surface area is 140 Å². The highest BCUT2D eigenvalue weighted by Gasteiger charge is 2.18. The first-order valence-corrected chi connectivity index (χ1v) is 8.13. The van der Waals surface area contributed by atoms with Gasteiger partial charge in [0.2, 0.25) is 5.95 Å². The number of benzene rings is 1. The number of anilines is 1. The van der Waals surface area contributed by atoms with E-state index in [1.165, 1.54) is 12.8 Å². The summed E-state index contributed by atoms with van der Waals surface area (Å²) >= 11 is 0. The number of aromatic nitrogens is 2. The summed E-state index contributed by atoms with van der Waals surface area (Å²) in [5.41, 5.74) is 1.51. The van der Waals surface area contributed by atoms with Crippen LogP contribution >= 0.6 is 0 Å². The average Bonchev–Trinajstić information content (AvgIpc) is 3.12. The molecule has 1 aliphatic rings. The SMILES string of the molecule is O=C(O)N(Cc1ccccc1)c1nccc(/C=N/C2CCCC2)n1. The highest BCUT2D eigenvalue weighted by molar-refractivity contribution is 5.84. The maximum absolute atomic E-state index is 11.6. The van der Waals surface area contributed by atoms with E-state index in [9.17, 15) is 9.90 Å². The number of hydrogen-bond donors (Lipinski definition) is 1. The van der Waals surface area contributed by atoms with Crippen LogP contribution in [-0.4, -0.2) is 33.4 Å². The molecule has 1 aromatic carbocycles. The second-order valence-corrected chi connectivity index (χ2v) is 5.85. The lowest BCUT2D eigenvalue weighted by atomic mass is 10.2. The molecule has 2 aromatic rings. The first-order chi connectivity index (χ1) is 11.7. The molecule has 0 atom stereocenters. The zero-order chi connectivity index (χ0) is 16.8. The van der Waals surface area contributed by atoms with Crippen LogP contribution in [0.4, 0.5) is 10.7 Å². The molecule has 1 fully saturated rings. The van der Waals surface area contributed by atoms with E-state index in [4.69, 9.17) is 0 Å². The molecule has 1 amide bonds. The summed E-state index contributed by atoms with van der Waals surface area (Å²) in [6.45, 7) is 0.208. The highest BCUT2D eigenvalue weighted by atomic mass is 16.4. The Balaban J connectivity index is 1.77. The van der Waals surface area contributed by atoms with Gasteiger partial charge in [0.15, 0.2) is 0 Å². The molecule has 24 heavy (non-hydrogen) atoms. The van der Waals surface area contributed by atoms with Crippen LogP contribution in [0.2, 0.25) is 0 Å². The topological polar surface area (TPSA) is 78.7 Å². The number of carbonyl (C=O) groups is 1. The number of aliphatic imine (C=N–C) groups is 1. The summed E-state index contributed by atoms with van der Waals surface area (Å²) in [6.07, 6.45) is 6.89. The van der Waals surface area contributed by atoms with Gasteiger partial charge in [-0.1, -0.05) is 43.2 Å². The van der Waals surface area contributed by atoms with E-state index in [1.54, 1.807) is 18.5 Å². The molecule has 6 nitrogen and oxygen atoms in total. The molecule has 1 heterocycles. The maximum Gasteiger partial charge on any atom is 0.414 e. The molecule has 6 heteroatoms. The normalized spacial score (nSPS) is 15.0. The smallest absolute Gasteiger partial charge is 0.414 e. The van der Waals surface area contributed by atoms with Crippen LogP contribution in [0.15, 0.2) is 47.6 Å². The molecule has 1 N–H and O–H groups in total. The van der Waals surface area contributed by atoms with Gasteiger partial charge < -0.3 is 5.11 Å². The standard InChI is InChI=1S/C18H20N4O2/c23-18(24)22(13-14-6-2-1-3-7-14)17-19-11-10-16(21-17)12-20-15-8-4-5-9-15/h1-3,6-7,10-12,15H,4-5,8-9,13H2,(H,23,24)/b20-12+. The fourth-order valence-corrected chi connectivity index (χ4v) is 2.79. The van der Waals surface area contributed by atoms with E-state index in [0.29, 0.717) is 11.7 Å². The van der Waals surface area contributed by atoms with E-state index in [2.05, 4.69) is 15.0 Å². The third-order valence-electron chi connectivity index (χ3n) is 4.06. The van der Waals surface area contributed by atoms with Crippen LogP contribution in [0.25, 0.3) is 0 Å². The predicted octanol–water partition coefficient (Wildman–Crippen LogP) is 3.52. The van der Waals surface area contributed by atoms with Crippen LogP contribution in [0.1, 0.15) is 36.9 Å². The van der Waals surface area contributed by atoms with Gasteiger partial charge in [-0.3, -0.25) is 4.99 Å². The highest BCUT2D eigenvalue weighted by Crippen LogP contribution is 2.20. The van der Waals surface area contributed by atoms with Crippen molar-refractivity contribution in [3.63, 3.8) is 0 Å². The molecule has 3 rings (SSSR count). The van der Waals surface area contributed by atoms with Crippen LogP contribution in [-0.2, 0) is 6.54 Å².